The van der Waals surface area contributed by atoms with Crippen molar-refractivity contribution in [2.24, 2.45) is 0 Å². The van der Waals surface area contributed by atoms with Crippen LogP contribution in [0.5, 0.6) is 0 Å². The molecule has 2 aromatic heterocycles. The van der Waals surface area contributed by atoms with E-state index < -0.39 is 0 Å². The summed E-state index contributed by atoms with van der Waals surface area (Å²) >= 11 is 0. The van der Waals surface area contributed by atoms with Crippen molar-refractivity contribution in [2.75, 3.05) is 7.05 Å². The van der Waals surface area contributed by atoms with Crippen LogP contribution in [0.25, 0.3) is 0 Å². The molecular weight excluding hydrogens is 236 g/mol. The first-order valence-electron chi connectivity index (χ1n) is 6.78. The number of likely N-dealkylation sites (N-methyl/N-ethyl adjacent to an activating group) is 1. The van der Waals surface area contributed by atoms with E-state index in [0.29, 0.717) is 5.92 Å². The fourth-order valence-corrected chi connectivity index (χ4v) is 2.95. The Morgan fingerprint density at radius 1 is 1.16 bits per heavy atom. The largest absolute Gasteiger partial charge is 0.310 e. The first kappa shape index (κ1) is 12.2. The number of hydrogen-bond acceptors (Lipinski definition) is 4. The second kappa shape index (κ2) is 5.45. The highest BCUT2D eigenvalue weighted by Crippen LogP contribution is 2.37. The van der Waals surface area contributed by atoms with Gasteiger partial charge in [-0.25, -0.2) is 9.97 Å². The Morgan fingerprint density at radius 3 is 2.74 bits per heavy atom. The van der Waals surface area contributed by atoms with Crippen molar-refractivity contribution in [2.45, 2.75) is 31.2 Å². The van der Waals surface area contributed by atoms with Crippen molar-refractivity contribution in [1.29, 1.82) is 0 Å². The fourth-order valence-electron chi connectivity index (χ4n) is 2.95. The molecule has 4 heteroatoms. The first-order valence-corrected chi connectivity index (χ1v) is 6.78. The van der Waals surface area contributed by atoms with E-state index in [1.54, 1.807) is 12.4 Å². The van der Waals surface area contributed by atoms with E-state index in [9.17, 15) is 0 Å². The quantitative estimate of drug-likeness (QED) is 0.912. The molecule has 0 bridgehead atoms. The molecule has 0 aromatic carbocycles. The Morgan fingerprint density at radius 2 is 1.95 bits per heavy atom. The number of nitrogens with zero attached hydrogens (tertiary/aromatic N) is 3. The number of nitrogens with one attached hydrogen (secondary N) is 1. The third kappa shape index (κ3) is 2.36. The molecule has 0 saturated heterocycles. The van der Waals surface area contributed by atoms with Crippen molar-refractivity contribution < 1.29 is 0 Å². The zero-order valence-corrected chi connectivity index (χ0v) is 11.1. The molecule has 0 aliphatic heterocycles. The molecule has 4 nitrogen and oxygen atoms in total. The Kier molecular flexibility index (Phi) is 3.51. The molecular formula is C15H18N4. The molecule has 0 radical (unpaired) electrons. The molecule has 2 atom stereocenters. The van der Waals surface area contributed by atoms with Crippen LogP contribution < -0.4 is 5.32 Å². The molecule has 98 valence electrons. The van der Waals surface area contributed by atoms with Crippen LogP contribution in [0, 0.1) is 0 Å². The molecule has 0 saturated carbocycles. The average molecular weight is 254 g/mol. The summed E-state index contributed by atoms with van der Waals surface area (Å²) in [6, 6.07) is 6.19. The summed E-state index contributed by atoms with van der Waals surface area (Å²) in [5, 5.41) is 3.36. The van der Waals surface area contributed by atoms with Crippen molar-refractivity contribution in [1.82, 2.24) is 20.3 Å². The highest BCUT2D eigenvalue weighted by Gasteiger charge is 2.30. The lowest BCUT2D eigenvalue weighted by molar-refractivity contribution is 0.401. The van der Waals surface area contributed by atoms with Crippen LogP contribution in [0.3, 0.4) is 0 Å². The number of aromatic nitrogens is 3. The van der Waals surface area contributed by atoms with E-state index in [1.807, 2.05) is 25.4 Å². The van der Waals surface area contributed by atoms with Crippen LogP contribution in [-0.4, -0.2) is 22.0 Å². The maximum Gasteiger partial charge on any atom is 0.145 e. The lowest BCUT2D eigenvalue weighted by Crippen LogP contribution is -2.29. The molecule has 0 amide bonds. The number of rotatable bonds is 3. The van der Waals surface area contributed by atoms with Gasteiger partial charge in [-0.1, -0.05) is 6.07 Å². The monoisotopic (exact) mass is 254 g/mol. The molecule has 0 fully saturated rings. The second-order valence-electron chi connectivity index (χ2n) is 4.92. The van der Waals surface area contributed by atoms with Crippen molar-refractivity contribution in [3.8, 4) is 0 Å². The van der Waals surface area contributed by atoms with E-state index in [0.717, 1.165) is 18.7 Å². The zero-order valence-electron chi connectivity index (χ0n) is 11.1. The first-order chi connectivity index (χ1) is 9.40. The third-order valence-electron chi connectivity index (χ3n) is 3.82. The lowest BCUT2D eigenvalue weighted by Gasteiger charge is -2.30. The molecule has 1 aliphatic rings. The number of fused-ring (bicyclic) bond motifs is 1. The SMILES string of the molecule is CNC(c1ncccn1)C1CCCc2cccnc21. The van der Waals surface area contributed by atoms with Gasteiger partial charge in [0.25, 0.3) is 0 Å². The summed E-state index contributed by atoms with van der Waals surface area (Å²) in [5.74, 6) is 1.21. The van der Waals surface area contributed by atoms with Gasteiger partial charge in [0, 0.05) is 30.2 Å². The van der Waals surface area contributed by atoms with Crippen molar-refractivity contribution in [3.63, 3.8) is 0 Å². The van der Waals surface area contributed by atoms with Gasteiger partial charge < -0.3 is 5.32 Å². The summed E-state index contributed by atoms with van der Waals surface area (Å²) in [6.07, 6.45) is 8.95. The minimum absolute atomic E-state index is 0.134. The van der Waals surface area contributed by atoms with Gasteiger partial charge in [-0.15, -0.1) is 0 Å². The van der Waals surface area contributed by atoms with Gasteiger partial charge in [-0.2, -0.15) is 0 Å². The molecule has 2 unspecified atom stereocenters. The maximum absolute atomic E-state index is 4.60. The molecule has 2 heterocycles. The Balaban J connectivity index is 1.97. The van der Waals surface area contributed by atoms with Crippen LogP contribution >= 0.6 is 0 Å². The smallest absolute Gasteiger partial charge is 0.145 e. The number of hydrogen-bond donors (Lipinski definition) is 1. The number of pyridine rings is 1. The maximum atomic E-state index is 4.60. The predicted molar refractivity (Wildman–Crippen MR) is 73.7 cm³/mol. The minimum atomic E-state index is 0.134. The molecule has 2 aromatic rings. The Labute approximate surface area is 113 Å². The molecule has 3 rings (SSSR count). The summed E-state index contributed by atoms with van der Waals surface area (Å²) in [5.41, 5.74) is 2.58. The van der Waals surface area contributed by atoms with Gasteiger partial charge in [0.2, 0.25) is 0 Å². The topological polar surface area (TPSA) is 50.7 Å². The van der Waals surface area contributed by atoms with E-state index in [-0.39, 0.29) is 6.04 Å². The predicted octanol–water partition coefficient (Wildman–Crippen LogP) is 2.25. The van der Waals surface area contributed by atoms with Gasteiger partial charge in [0.05, 0.1) is 6.04 Å². The highest BCUT2D eigenvalue weighted by molar-refractivity contribution is 5.28. The molecule has 1 aliphatic carbocycles. The van der Waals surface area contributed by atoms with E-state index >= 15 is 0 Å². The standard InChI is InChI=1S/C15H18N4/c1-16-14(15-18-9-4-10-19-15)12-7-2-5-11-6-3-8-17-13(11)12/h3-4,6,8-10,12,14,16H,2,5,7H2,1H3. The summed E-state index contributed by atoms with van der Waals surface area (Å²) < 4.78 is 0. The highest BCUT2D eigenvalue weighted by atomic mass is 15.0. The molecule has 19 heavy (non-hydrogen) atoms. The molecule has 1 N–H and O–H groups in total. The van der Waals surface area contributed by atoms with Crippen molar-refractivity contribution in [3.05, 3.63) is 53.9 Å². The van der Waals surface area contributed by atoms with Crippen LogP contribution in [0.4, 0.5) is 0 Å². The summed E-state index contributed by atoms with van der Waals surface area (Å²) in [7, 11) is 1.97. The normalized spacial score (nSPS) is 19.7. The van der Waals surface area contributed by atoms with E-state index in [2.05, 4.69) is 26.3 Å². The Hall–Kier alpha value is -1.81. The van der Waals surface area contributed by atoms with Crippen LogP contribution in [0.1, 0.15) is 41.9 Å². The third-order valence-corrected chi connectivity index (χ3v) is 3.82. The summed E-state index contributed by atoms with van der Waals surface area (Å²) in [4.78, 5) is 13.4. The van der Waals surface area contributed by atoms with Gasteiger partial charge in [0.15, 0.2) is 0 Å². The second-order valence-corrected chi connectivity index (χ2v) is 4.92. The van der Waals surface area contributed by atoms with Gasteiger partial charge in [-0.05, 0) is 44.0 Å². The Bertz CT molecular complexity index is 541. The van der Waals surface area contributed by atoms with E-state index in [4.69, 9.17) is 0 Å². The van der Waals surface area contributed by atoms with Crippen LogP contribution in [0.15, 0.2) is 36.8 Å². The fraction of sp³-hybridized carbons (Fsp3) is 0.400. The van der Waals surface area contributed by atoms with Gasteiger partial charge >= 0.3 is 0 Å². The number of aryl methyl sites for hydroxylation is 1. The average Bonchev–Trinajstić information content (AvgIpc) is 2.49. The lowest BCUT2D eigenvalue weighted by atomic mass is 9.81. The van der Waals surface area contributed by atoms with E-state index in [1.165, 1.54) is 17.7 Å². The molecule has 0 spiro atoms. The van der Waals surface area contributed by atoms with Gasteiger partial charge in [0.1, 0.15) is 5.82 Å². The minimum Gasteiger partial charge on any atom is -0.310 e. The van der Waals surface area contributed by atoms with Crippen LogP contribution in [0.2, 0.25) is 0 Å². The van der Waals surface area contributed by atoms with Crippen LogP contribution in [-0.2, 0) is 6.42 Å². The zero-order chi connectivity index (χ0) is 13.1. The van der Waals surface area contributed by atoms with Crippen molar-refractivity contribution >= 4 is 0 Å². The summed E-state index contributed by atoms with van der Waals surface area (Å²) in [6.45, 7) is 0. The van der Waals surface area contributed by atoms with Gasteiger partial charge in [-0.3, -0.25) is 4.98 Å².